The zero-order valence-corrected chi connectivity index (χ0v) is 21.6. The fourth-order valence-electron chi connectivity index (χ4n) is 4.00. The number of phenolic OH excluding ortho intramolecular Hbond substituents is 1. The number of phenols is 1. The van der Waals surface area contributed by atoms with E-state index in [2.05, 4.69) is 6.92 Å². The monoisotopic (exact) mass is 554 g/mol. The van der Waals surface area contributed by atoms with E-state index in [0.717, 1.165) is 36.8 Å². The van der Waals surface area contributed by atoms with Crippen molar-refractivity contribution in [1.82, 2.24) is 0 Å². The van der Waals surface area contributed by atoms with E-state index in [1.54, 1.807) is 24.3 Å². The predicted molar refractivity (Wildman–Crippen MR) is 156 cm³/mol. The molecule has 0 aromatic heterocycles. The number of carboxylic acids is 1. The van der Waals surface area contributed by atoms with Gasteiger partial charge < -0.3 is 24.4 Å². The third-order valence-electron chi connectivity index (χ3n) is 5.92. The van der Waals surface area contributed by atoms with E-state index in [0.29, 0.717) is 42.4 Å². The van der Waals surface area contributed by atoms with Crippen molar-refractivity contribution >= 4 is 70.9 Å². The number of para-hydroxylation sites is 1. The number of rotatable bonds is 14. The van der Waals surface area contributed by atoms with Crippen LogP contribution in [0.3, 0.4) is 0 Å². The van der Waals surface area contributed by atoms with Crippen LogP contribution in [0, 0.1) is 0 Å². The van der Waals surface area contributed by atoms with Crippen LogP contribution in [0.2, 0.25) is 0 Å². The van der Waals surface area contributed by atoms with Gasteiger partial charge in [0.1, 0.15) is 34.3 Å². The zero-order chi connectivity index (χ0) is 26.8. The summed E-state index contributed by atoms with van der Waals surface area (Å²) in [4.78, 5) is 23.2. The first-order chi connectivity index (χ1) is 17.8. The van der Waals surface area contributed by atoms with Gasteiger partial charge in [-0.25, -0.2) is 4.79 Å². The second kappa shape index (κ2) is 17.6. The molecular formula is C30H36Na2O7. The Balaban J connectivity index is 0.00000380. The fourth-order valence-corrected chi connectivity index (χ4v) is 4.00. The van der Waals surface area contributed by atoms with Crippen molar-refractivity contribution in [3.05, 3.63) is 76.9 Å². The van der Waals surface area contributed by atoms with E-state index in [-0.39, 0.29) is 82.0 Å². The number of unbranched alkanes of at least 4 members (excludes halogenated alkanes) is 1. The molecule has 0 aliphatic heterocycles. The Morgan fingerprint density at radius 1 is 0.795 bits per heavy atom. The van der Waals surface area contributed by atoms with Gasteiger partial charge in [-0.05, 0) is 68.5 Å². The van der Waals surface area contributed by atoms with Crippen molar-refractivity contribution in [1.29, 1.82) is 0 Å². The van der Waals surface area contributed by atoms with Crippen molar-refractivity contribution in [3.63, 3.8) is 0 Å². The molecule has 9 heteroatoms. The van der Waals surface area contributed by atoms with Crippen LogP contribution in [0.15, 0.2) is 54.6 Å². The number of carbonyl (C=O) groups is 2. The molecule has 0 amide bonds. The van der Waals surface area contributed by atoms with E-state index in [1.165, 1.54) is 19.1 Å². The number of Topliss-reactive ketones (excluding diaryl/α,β-unsaturated/α-hetero) is 1. The normalized spacial score (nSPS) is 10.1. The first kappa shape index (κ1) is 35.0. The van der Waals surface area contributed by atoms with Crippen LogP contribution >= 0.6 is 0 Å². The molecule has 200 valence electrons. The van der Waals surface area contributed by atoms with Gasteiger partial charge in [0.25, 0.3) is 0 Å². The van der Waals surface area contributed by atoms with Gasteiger partial charge >= 0.3 is 65.1 Å². The van der Waals surface area contributed by atoms with E-state index in [4.69, 9.17) is 14.2 Å². The predicted octanol–water partition coefficient (Wildman–Crippen LogP) is 5.54. The summed E-state index contributed by atoms with van der Waals surface area (Å²) in [6.07, 6.45) is 3.78. The molecule has 3 rings (SSSR count). The van der Waals surface area contributed by atoms with Crippen LogP contribution in [0.1, 0.15) is 71.9 Å². The van der Waals surface area contributed by atoms with E-state index in [1.807, 2.05) is 25.1 Å². The van der Waals surface area contributed by atoms with Crippen molar-refractivity contribution in [3.8, 4) is 28.7 Å². The van der Waals surface area contributed by atoms with Gasteiger partial charge in [-0.3, -0.25) is 4.79 Å². The number of aryl methyl sites for hydroxylation is 1. The van der Waals surface area contributed by atoms with Gasteiger partial charge in [0, 0.05) is 11.6 Å². The molecular weight excluding hydrogens is 518 g/mol. The molecule has 0 fully saturated rings. The summed E-state index contributed by atoms with van der Waals surface area (Å²) in [5, 5.41) is 19.6. The second-order valence-electron chi connectivity index (χ2n) is 8.68. The Hall–Kier alpha value is -2.00. The number of aromatic carboxylic acids is 1. The minimum atomic E-state index is -1.04. The molecule has 0 aliphatic rings. The molecule has 39 heavy (non-hydrogen) atoms. The standard InChI is InChI=1S/C30H34O7.2Na.2H/c1-4-11-22-26(14-10-15-27(22)37-28-13-7-6-12-23(28)30(33)34)35-16-8-9-17-36-29-19-25(32)24(20(3)31)18-21(29)5-2;;;;/h6-7,10,12-15,18-19,32H,4-5,8-9,11,16-17H2,1-3H3,(H,33,34);;;;. The average Bonchev–Trinajstić information content (AvgIpc) is 2.87. The molecule has 2 N–H and O–H groups in total. The summed E-state index contributed by atoms with van der Waals surface area (Å²) in [7, 11) is 0. The van der Waals surface area contributed by atoms with Gasteiger partial charge in [-0.15, -0.1) is 0 Å². The summed E-state index contributed by atoms with van der Waals surface area (Å²) < 4.78 is 18.0. The van der Waals surface area contributed by atoms with Crippen molar-refractivity contribution < 1.29 is 34.0 Å². The first-order valence-corrected chi connectivity index (χ1v) is 12.6. The second-order valence-corrected chi connectivity index (χ2v) is 8.68. The number of ketones is 1. The van der Waals surface area contributed by atoms with Crippen molar-refractivity contribution in [2.24, 2.45) is 0 Å². The third kappa shape index (κ3) is 9.85. The molecule has 3 aromatic rings. The van der Waals surface area contributed by atoms with Gasteiger partial charge in [-0.1, -0.05) is 38.5 Å². The molecule has 0 spiro atoms. The molecule has 0 saturated carbocycles. The van der Waals surface area contributed by atoms with Crippen LogP contribution in [0.25, 0.3) is 0 Å². The van der Waals surface area contributed by atoms with Crippen LogP contribution < -0.4 is 14.2 Å². The van der Waals surface area contributed by atoms with E-state index < -0.39 is 5.97 Å². The molecule has 0 radical (unpaired) electrons. The molecule has 3 aromatic carbocycles. The Morgan fingerprint density at radius 3 is 2.03 bits per heavy atom. The van der Waals surface area contributed by atoms with E-state index >= 15 is 0 Å². The van der Waals surface area contributed by atoms with Crippen LogP contribution in [0.4, 0.5) is 0 Å². The van der Waals surface area contributed by atoms with E-state index in [9.17, 15) is 19.8 Å². The number of benzene rings is 3. The Bertz CT molecular complexity index is 1240. The van der Waals surface area contributed by atoms with Crippen LogP contribution in [0.5, 0.6) is 28.7 Å². The molecule has 0 atom stereocenters. The average molecular weight is 555 g/mol. The minimum absolute atomic E-state index is 0. The van der Waals surface area contributed by atoms with Gasteiger partial charge in [0.05, 0.1) is 18.8 Å². The quantitative estimate of drug-likeness (QED) is 0.153. The fraction of sp³-hybridized carbons (Fsp3) is 0.333. The number of carbonyl (C=O) groups excluding carboxylic acids is 1. The summed E-state index contributed by atoms with van der Waals surface area (Å²) in [5.41, 5.74) is 2.18. The summed E-state index contributed by atoms with van der Waals surface area (Å²) >= 11 is 0. The molecule has 0 bridgehead atoms. The van der Waals surface area contributed by atoms with Crippen LogP contribution in [-0.4, -0.2) is 94.3 Å². The van der Waals surface area contributed by atoms with Crippen molar-refractivity contribution in [2.75, 3.05) is 13.2 Å². The summed E-state index contributed by atoms with van der Waals surface area (Å²) in [6.45, 7) is 6.39. The number of carboxylic acid groups (broad SMARTS) is 1. The number of hydrogen-bond donors (Lipinski definition) is 2. The SMILES string of the molecule is CCCc1c(OCCCCOc2cc(O)c(C(C)=O)cc2CC)cccc1Oc1ccccc1C(=O)O.[NaH].[NaH]. The molecule has 0 saturated heterocycles. The van der Waals surface area contributed by atoms with Gasteiger partial charge in [-0.2, -0.15) is 0 Å². The number of hydrogen-bond acceptors (Lipinski definition) is 6. The van der Waals surface area contributed by atoms with Gasteiger partial charge in [0.2, 0.25) is 0 Å². The Labute approximate surface area is 274 Å². The molecule has 0 heterocycles. The summed E-state index contributed by atoms with van der Waals surface area (Å²) in [5.74, 6) is 0.873. The molecule has 0 unspecified atom stereocenters. The summed E-state index contributed by atoms with van der Waals surface area (Å²) in [6, 6.07) is 15.3. The van der Waals surface area contributed by atoms with Crippen LogP contribution in [-0.2, 0) is 12.8 Å². The maximum atomic E-state index is 11.7. The number of aromatic hydroxyl groups is 1. The van der Waals surface area contributed by atoms with Gasteiger partial charge in [0.15, 0.2) is 5.78 Å². The Kier molecular flexibility index (Phi) is 15.8. The zero-order valence-electron chi connectivity index (χ0n) is 21.6. The molecule has 7 nitrogen and oxygen atoms in total. The third-order valence-corrected chi connectivity index (χ3v) is 5.92. The first-order valence-electron chi connectivity index (χ1n) is 12.6. The van der Waals surface area contributed by atoms with Crippen molar-refractivity contribution in [2.45, 2.75) is 52.9 Å². The maximum absolute atomic E-state index is 11.7. The molecule has 0 aliphatic carbocycles. The number of ether oxygens (including phenoxy) is 3. The Morgan fingerprint density at radius 2 is 1.41 bits per heavy atom. The topological polar surface area (TPSA) is 102 Å².